The van der Waals surface area contributed by atoms with E-state index in [2.05, 4.69) is 15.3 Å². The van der Waals surface area contributed by atoms with Crippen LogP contribution in [0.15, 0.2) is 48.0 Å². The number of benzene rings is 1. The first kappa shape index (κ1) is 21.5. The van der Waals surface area contributed by atoms with Crippen molar-refractivity contribution in [2.75, 3.05) is 19.7 Å². The topological polar surface area (TPSA) is 67.3 Å². The molecule has 10 heteroatoms. The molecule has 2 N–H and O–H groups in total. The average molecular weight is 444 g/mol. The van der Waals surface area contributed by atoms with Gasteiger partial charge in [-0.05, 0) is 30.3 Å². The SMILES string of the molecule is O[C@@H](CNCCOc1ccc(-c2csc(C(F)(F)F)n2)cc1)c1ccc(Cl)nc1. The minimum atomic E-state index is -4.43. The maximum atomic E-state index is 12.6. The fraction of sp³-hybridized carbons (Fsp3) is 0.263. The summed E-state index contributed by atoms with van der Waals surface area (Å²) >= 11 is 6.28. The lowest BCUT2D eigenvalue weighted by molar-refractivity contribution is -0.137. The zero-order valence-corrected chi connectivity index (χ0v) is 16.6. The van der Waals surface area contributed by atoms with Crippen LogP contribution in [0.4, 0.5) is 13.2 Å². The highest BCUT2D eigenvalue weighted by molar-refractivity contribution is 7.10. The van der Waals surface area contributed by atoms with Gasteiger partial charge in [-0.2, -0.15) is 13.2 Å². The number of thiazole rings is 1. The van der Waals surface area contributed by atoms with Crippen LogP contribution in [0.5, 0.6) is 5.75 Å². The van der Waals surface area contributed by atoms with Crippen LogP contribution in [0.1, 0.15) is 16.7 Å². The molecule has 0 aliphatic heterocycles. The summed E-state index contributed by atoms with van der Waals surface area (Å²) in [6, 6.07) is 10.00. The molecule has 5 nitrogen and oxygen atoms in total. The summed E-state index contributed by atoms with van der Waals surface area (Å²) in [6.45, 7) is 1.19. The molecule has 0 radical (unpaired) electrons. The van der Waals surface area contributed by atoms with Crippen molar-refractivity contribution in [3.05, 3.63) is 63.7 Å². The van der Waals surface area contributed by atoms with Gasteiger partial charge in [-0.1, -0.05) is 17.7 Å². The number of pyridine rings is 1. The van der Waals surface area contributed by atoms with Crippen LogP contribution in [0.25, 0.3) is 11.3 Å². The van der Waals surface area contributed by atoms with Gasteiger partial charge in [-0.3, -0.25) is 0 Å². The van der Waals surface area contributed by atoms with Crippen molar-refractivity contribution in [1.29, 1.82) is 0 Å². The second-order valence-electron chi connectivity index (χ2n) is 6.04. The van der Waals surface area contributed by atoms with E-state index in [1.807, 2.05) is 0 Å². The molecule has 1 atom stereocenters. The number of nitrogens with one attached hydrogen (secondary N) is 1. The van der Waals surface area contributed by atoms with Gasteiger partial charge < -0.3 is 15.2 Å². The van der Waals surface area contributed by atoms with Crippen molar-refractivity contribution >= 4 is 22.9 Å². The van der Waals surface area contributed by atoms with Gasteiger partial charge in [-0.25, -0.2) is 9.97 Å². The second-order valence-corrected chi connectivity index (χ2v) is 7.29. The Kier molecular flexibility index (Phi) is 7.07. The predicted molar refractivity (Wildman–Crippen MR) is 105 cm³/mol. The van der Waals surface area contributed by atoms with Crippen LogP contribution in [0.2, 0.25) is 5.15 Å². The molecule has 154 valence electrons. The highest BCUT2D eigenvalue weighted by atomic mass is 35.5. The Morgan fingerprint density at radius 2 is 1.93 bits per heavy atom. The van der Waals surface area contributed by atoms with E-state index in [1.165, 1.54) is 11.6 Å². The molecular formula is C19H17ClF3N3O2S. The lowest BCUT2D eigenvalue weighted by Gasteiger charge is -2.12. The summed E-state index contributed by atoms with van der Waals surface area (Å²) in [4.78, 5) is 7.54. The van der Waals surface area contributed by atoms with Gasteiger partial charge >= 0.3 is 6.18 Å². The molecule has 0 amide bonds. The molecule has 0 bridgehead atoms. The van der Waals surface area contributed by atoms with Crippen LogP contribution in [0, 0.1) is 0 Å². The molecule has 0 saturated heterocycles. The number of hydrogen-bond donors (Lipinski definition) is 2. The summed E-state index contributed by atoms with van der Waals surface area (Å²) in [6.07, 6.45) is -3.62. The zero-order valence-electron chi connectivity index (χ0n) is 15.0. The number of hydrogen-bond acceptors (Lipinski definition) is 6. The summed E-state index contributed by atoms with van der Waals surface area (Å²) in [7, 11) is 0. The first-order chi connectivity index (χ1) is 13.8. The first-order valence-electron chi connectivity index (χ1n) is 8.59. The van der Waals surface area contributed by atoms with Crippen LogP contribution in [-0.4, -0.2) is 34.8 Å². The zero-order chi connectivity index (χ0) is 20.9. The second kappa shape index (κ2) is 9.53. The van der Waals surface area contributed by atoms with E-state index in [0.29, 0.717) is 53.1 Å². The molecule has 0 fully saturated rings. The van der Waals surface area contributed by atoms with Crippen molar-refractivity contribution in [2.45, 2.75) is 12.3 Å². The first-order valence-corrected chi connectivity index (χ1v) is 9.85. The Bertz CT molecular complexity index is 918. The molecule has 3 aromatic rings. The summed E-state index contributed by atoms with van der Waals surface area (Å²) < 4.78 is 43.5. The minimum Gasteiger partial charge on any atom is -0.492 e. The number of halogens is 4. The molecule has 29 heavy (non-hydrogen) atoms. The highest BCUT2D eigenvalue weighted by Gasteiger charge is 2.34. The Labute approximate surface area is 174 Å². The summed E-state index contributed by atoms with van der Waals surface area (Å²) in [5.41, 5.74) is 1.53. The van der Waals surface area contributed by atoms with Gasteiger partial charge in [0.05, 0.1) is 11.8 Å². The Hall–Kier alpha value is -2.20. The number of rotatable bonds is 8. The molecule has 0 aliphatic carbocycles. The molecule has 0 saturated carbocycles. The summed E-state index contributed by atoms with van der Waals surface area (Å²) in [5, 5.41) is 14.0. The molecule has 1 aromatic carbocycles. The molecule has 0 spiro atoms. The Balaban J connectivity index is 1.42. The van der Waals surface area contributed by atoms with E-state index in [9.17, 15) is 18.3 Å². The van der Waals surface area contributed by atoms with Gasteiger partial charge in [0.25, 0.3) is 0 Å². The van der Waals surface area contributed by atoms with E-state index < -0.39 is 17.3 Å². The lowest BCUT2D eigenvalue weighted by Crippen LogP contribution is -2.26. The number of ether oxygens (including phenoxy) is 1. The predicted octanol–water partition coefficient (Wildman–Crippen LogP) is 4.58. The van der Waals surface area contributed by atoms with Crippen molar-refractivity contribution in [2.24, 2.45) is 0 Å². The monoisotopic (exact) mass is 443 g/mol. The normalized spacial score (nSPS) is 12.7. The third-order valence-corrected chi connectivity index (χ3v) is 5.03. The molecule has 0 unspecified atom stereocenters. The maximum absolute atomic E-state index is 12.6. The highest BCUT2D eigenvalue weighted by Crippen LogP contribution is 2.34. The Morgan fingerprint density at radius 3 is 2.55 bits per heavy atom. The molecule has 2 heterocycles. The van der Waals surface area contributed by atoms with Crippen LogP contribution in [0.3, 0.4) is 0 Å². The van der Waals surface area contributed by atoms with Crippen molar-refractivity contribution in [3.63, 3.8) is 0 Å². The lowest BCUT2D eigenvalue weighted by atomic mass is 10.1. The number of aliphatic hydroxyl groups excluding tert-OH is 1. The molecular weight excluding hydrogens is 427 g/mol. The number of aliphatic hydroxyl groups is 1. The maximum Gasteiger partial charge on any atom is 0.443 e. The van der Waals surface area contributed by atoms with Crippen molar-refractivity contribution in [1.82, 2.24) is 15.3 Å². The third-order valence-electron chi connectivity index (χ3n) is 3.92. The van der Waals surface area contributed by atoms with Gasteiger partial charge in [0, 0.05) is 35.8 Å². The fourth-order valence-corrected chi connectivity index (χ4v) is 3.25. The summed E-state index contributed by atoms with van der Waals surface area (Å²) in [5.74, 6) is 0.587. The van der Waals surface area contributed by atoms with E-state index >= 15 is 0 Å². The Morgan fingerprint density at radius 1 is 1.17 bits per heavy atom. The van der Waals surface area contributed by atoms with Crippen molar-refractivity contribution in [3.8, 4) is 17.0 Å². The van der Waals surface area contributed by atoms with Crippen LogP contribution < -0.4 is 10.1 Å². The smallest absolute Gasteiger partial charge is 0.443 e. The largest absolute Gasteiger partial charge is 0.492 e. The van der Waals surface area contributed by atoms with Gasteiger partial charge in [0.2, 0.25) is 0 Å². The average Bonchev–Trinajstić information content (AvgIpc) is 3.19. The number of nitrogens with zero attached hydrogens (tertiary/aromatic N) is 2. The standard InChI is InChI=1S/C19H17ClF3N3O2S/c20-17-6-3-13(9-25-17)16(27)10-24-7-8-28-14-4-1-12(2-5-14)15-11-29-18(26-15)19(21,22)23/h1-6,9,11,16,24,27H,7-8,10H2/t16-/m0/s1. The molecule has 2 aromatic heterocycles. The van der Waals surface area contributed by atoms with E-state index in [0.717, 1.165) is 0 Å². The van der Waals surface area contributed by atoms with E-state index in [-0.39, 0.29) is 5.69 Å². The third kappa shape index (κ3) is 6.14. The number of alkyl halides is 3. The van der Waals surface area contributed by atoms with Gasteiger partial charge in [0.15, 0.2) is 5.01 Å². The van der Waals surface area contributed by atoms with Crippen LogP contribution >= 0.6 is 22.9 Å². The van der Waals surface area contributed by atoms with E-state index in [4.69, 9.17) is 16.3 Å². The molecule has 3 rings (SSSR count). The molecule has 0 aliphatic rings. The van der Waals surface area contributed by atoms with Crippen molar-refractivity contribution < 1.29 is 23.0 Å². The van der Waals surface area contributed by atoms with Crippen LogP contribution in [-0.2, 0) is 6.18 Å². The fourth-order valence-electron chi connectivity index (χ4n) is 2.44. The number of aromatic nitrogens is 2. The van der Waals surface area contributed by atoms with Gasteiger partial charge in [-0.15, -0.1) is 11.3 Å². The quantitative estimate of drug-likeness (QED) is 0.394. The van der Waals surface area contributed by atoms with Gasteiger partial charge in [0.1, 0.15) is 17.5 Å². The van der Waals surface area contributed by atoms with E-state index in [1.54, 1.807) is 36.4 Å². The minimum absolute atomic E-state index is 0.279.